The third-order valence-electron chi connectivity index (χ3n) is 10.8. The summed E-state index contributed by atoms with van der Waals surface area (Å²) < 4.78 is 16.7. The van der Waals surface area contributed by atoms with E-state index in [0.717, 1.165) is 109 Å². The fraction of sp³-hybridized carbons (Fsp3) is 0.759. The van der Waals surface area contributed by atoms with Crippen molar-refractivity contribution in [2.24, 2.45) is 0 Å². The van der Waals surface area contributed by atoms with Gasteiger partial charge in [0.1, 0.15) is 13.2 Å². The lowest BCUT2D eigenvalue weighted by molar-refractivity contribution is -0.167. The van der Waals surface area contributed by atoms with Crippen molar-refractivity contribution in [2.45, 2.75) is 252 Å². The molecule has 0 radical (unpaired) electrons. The fourth-order valence-electron chi connectivity index (χ4n) is 7.00. The van der Waals surface area contributed by atoms with Crippen LogP contribution < -0.4 is 0 Å². The van der Waals surface area contributed by atoms with Gasteiger partial charge in [-0.05, 0) is 64.2 Å². The van der Waals surface area contributed by atoms with Crippen LogP contribution in [0.3, 0.4) is 0 Å². The molecule has 0 saturated carbocycles. The van der Waals surface area contributed by atoms with E-state index in [1.54, 1.807) is 0 Å². The first-order chi connectivity index (χ1) is 29.5. The second-order valence-electron chi connectivity index (χ2n) is 16.7. The van der Waals surface area contributed by atoms with E-state index in [-0.39, 0.29) is 31.1 Å². The molecule has 0 aromatic carbocycles. The van der Waals surface area contributed by atoms with E-state index in [1.165, 1.54) is 96.3 Å². The average molecular weight is 839 g/mol. The Morgan fingerprint density at radius 3 is 1.02 bits per heavy atom. The molecule has 0 aromatic heterocycles. The summed E-state index contributed by atoms with van der Waals surface area (Å²) in [6.07, 6.45) is 59.4. The minimum atomic E-state index is -0.776. The van der Waals surface area contributed by atoms with Crippen LogP contribution in [0.15, 0.2) is 60.8 Å². The van der Waals surface area contributed by atoms with E-state index in [4.69, 9.17) is 14.2 Å². The normalized spacial score (nSPS) is 12.5. The van der Waals surface area contributed by atoms with Crippen LogP contribution in [0.2, 0.25) is 0 Å². The smallest absolute Gasteiger partial charge is 0.306 e. The topological polar surface area (TPSA) is 78.9 Å². The summed E-state index contributed by atoms with van der Waals surface area (Å²) in [5.41, 5.74) is 0. The molecule has 0 spiro atoms. The Hall–Kier alpha value is -2.89. The summed E-state index contributed by atoms with van der Waals surface area (Å²) in [6, 6.07) is 0. The monoisotopic (exact) mass is 839 g/mol. The summed E-state index contributed by atoms with van der Waals surface area (Å²) in [4.78, 5) is 37.7. The van der Waals surface area contributed by atoms with Gasteiger partial charge < -0.3 is 14.2 Å². The molecule has 1 unspecified atom stereocenters. The van der Waals surface area contributed by atoms with E-state index in [1.807, 2.05) is 0 Å². The Morgan fingerprint density at radius 1 is 0.350 bits per heavy atom. The molecule has 0 fully saturated rings. The average Bonchev–Trinajstić information content (AvgIpc) is 3.24. The van der Waals surface area contributed by atoms with Crippen LogP contribution in [-0.2, 0) is 28.6 Å². The van der Waals surface area contributed by atoms with E-state index in [0.29, 0.717) is 19.3 Å². The molecular formula is C54H94O6. The highest BCUT2D eigenvalue weighted by atomic mass is 16.6. The van der Waals surface area contributed by atoms with E-state index in [9.17, 15) is 14.4 Å². The molecule has 0 aliphatic rings. The van der Waals surface area contributed by atoms with Gasteiger partial charge >= 0.3 is 17.9 Å². The summed E-state index contributed by atoms with van der Waals surface area (Å²) in [6.45, 7) is 6.46. The minimum absolute atomic E-state index is 0.0789. The Balaban J connectivity index is 4.24. The van der Waals surface area contributed by atoms with E-state index in [2.05, 4.69) is 81.5 Å². The zero-order valence-electron chi connectivity index (χ0n) is 39.5. The highest BCUT2D eigenvalue weighted by Gasteiger charge is 2.19. The molecule has 0 amide bonds. The number of ether oxygens (including phenoxy) is 3. The lowest BCUT2D eigenvalue weighted by Gasteiger charge is -2.18. The van der Waals surface area contributed by atoms with E-state index >= 15 is 0 Å². The number of carbonyl (C=O) groups is 3. The molecule has 0 saturated heterocycles. The van der Waals surface area contributed by atoms with Crippen LogP contribution in [0, 0.1) is 0 Å². The third-order valence-corrected chi connectivity index (χ3v) is 10.8. The Kier molecular flexibility index (Phi) is 46.4. The second-order valence-corrected chi connectivity index (χ2v) is 16.7. The van der Waals surface area contributed by atoms with Crippen LogP contribution >= 0.6 is 0 Å². The van der Waals surface area contributed by atoms with Crippen LogP contribution in [0.4, 0.5) is 0 Å². The third kappa shape index (κ3) is 46.2. The first-order valence-electron chi connectivity index (χ1n) is 25.3. The van der Waals surface area contributed by atoms with Gasteiger partial charge in [0.2, 0.25) is 0 Å². The van der Waals surface area contributed by atoms with Crippen molar-refractivity contribution >= 4 is 17.9 Å². The van der Waals surface area contributed by atoms with Gasteiger partial charge in [0.25, 0.3) is 0 Å². The maximum atomic E-state index is 12.7. The maximum Gasteiger partial charge on any atom is 0.306 e. The van der Waals surface area contributed by atoms with Gasteiger partial charge in [-0.1, -0.05) is 223 Å². The summed E-state index contributed by atoms with van der Waals surface area (Å²) in [5, 5.41) is 0. The second kappa shape index (κ2) is 48.8. The van der Waals surface area contributed by atoms with Crippen molar-refractivity contribution in [1.29, 1.82) is 0 Å². The summed E-state index contributed by atoms with van der Waals surface area (Å²) >= 11 is 0. The summed E-state index contributed by atoms with van der Waals surface area (Å²) in [5.74, 6) is -0.903. The van der Waals surface area contributed by atoms with Gasteiger partial charge in [-0.15, -0.1) is 0 Å². The molecule has 0 bridgehead atoms. The minimum Gasteiger partial charge on any atom is -0.462 e. The van der Waals surface area contributed by atoms with Gasteiger partial charge in [-0.3, -0.25) is 14.4 Å². The fourth-order valence-corrected chi connectivity index (χ4v) is 7.00. The predicted octanol–water partition coefficient (Wildman–Crippen LogP) is 16.5. The van der Waals surface area contributed by atoms with Gasteiger partial charge in [-0.2, -0.15) is 0 Å². The molecule has 0 aliphatic carbocycles. The number of hydrogen-bond donors (Lipinski definition) is 0. The largest absolute Gasteiger partial charge is 0.462 e. The number of hydrogen-bond acceptors (Lipinski definition) is 6. The SMILES string of the molecule is CC/C=C\C/C=C\C/C=C\C/C=C\C/C=C\CCCCCCCC(=O)OCC(COC(=O)CCCCCCCC)OC(=O)CCCCCCCCCCCCCCCCC. The highest BCUT2D eigenvalue weighted by molar-refractivity contribution is 5.71. The molecule has 0 heterocycles. The van der Waals surface area contributed by atoms with Crippen molar-refractivity contribution < 1.29 is 28.6 Å². The molecule has 60 heavy (non-hydrogen) atoms. The molecule has 0 aromatic rings. The first-order valence-corrected chi connectivity index (χ1v) is 25.3. The van der Waals surface area contributed by atoms with Gasteiger partial charge in [-0.25, -0.2) is 0 Å². The van der Waals surface area contributed by atoms with Crippen LogP contribution in [0.1, 0.15) is 245 Å². The Morgan fingerprint density at radius 2 is 0.650 bits per heavy atom. The van der Waals surface area contributed by atoms with Gasteiger partial charge in [0.05, 0.1) is 0 Å². The zero-order valence-corrected chi connectivity index (χ0v) is 39.5. The molecule has 6 heteroatoms. The predicted molar refractivity (Wildman–Crippen MR) is 256 cm³/mol. The van der Waals surface area contributed by atoms with Crippen LogP contribution in [0.25, 0.3) is 0 Å². The number of unbranched alkanes of at least 4 members (excludes halogenated alkanes) is 24. The molecule has 0 aliphatic heterocycles. The first kappa shape index (κ1) is 57.1. The van der Waals surface area contributed by atoms with Crippen molar-refractivity contribution in [3.8, 4) is 0 Å². The quantitative estimate of drug-likeness (QED) is 0.0263. The zero-order chi connectivity index (χ0) is 43.7. The van der Waals surface area contributed by atoms with E-state index < -0.39 is 6.10 Å². The molecule has 0 N–H and O–H groups in total. The molecule has 1 atom stereocenters. The van der Waals surface area contributed by atoms with Crippen molar-refractivity contribution in [2.75, 3.05) is 13.2 Å². The molecular weight excluding hydrogens is 745 g/mol. The number of esters is 3. The van der Waals surface area contributed by atoms with Crippen molar-refractivity contribution in [1.82, 2.24) is 0 Å². The van der Waals surface area contributed by atoms with Crippen molar-refractivity contribution in [3.63, 3.8) is 0 Å². The molecule has 6 nitrogen and oxygen atoms in total. The highest BCUT2D eigenvalue weighted by Crippen LogP contribution is 2.15. The lowest BCUT2D eigenvalue weighted by atomic mass is 10.0. The maximum absolute atomic E-state index is 12.7. The van der Waals surface area contributed by atoms with Crippen LogP contribution in [-0.4, -0.2) is 37.2 Å². The van der Waals surface area contributed by atoms with Crippen molar-refractivity contribution in [3.05, 3.63) is 60.8 Å². The number of allylic oxidation sites excluding steroid dienone is 10. The number of rotatable bonds is 45. The Bertz CT molecular complexity index is 1100. The summed E-state index contributed by atoms with van der Waals surface area (Å²) in [7, 11) is 0. The Labute approximate surface area is 370 Å². The molecule has 346 valence electrons. The van der Waals surface area contributed by atoms with Gasteiger partial charge in [0, 0.05) is 19.3 Å². The molecule has 0 rings (SSSR count). The van der Waals surface area contributed by atoms with Crippen LogP contribution in [0.5, 0.6) is 0 Å². The number of carbonyl (C=O) groups excluding carboxylic acids is 3. The standard InChI is InChI=1S/C54H94O6/c1-4-7-10-13-16-18-20-22-24-25-26-27-28-29-31-32-34-36-38-41-44-47-53(56)59-50-51(49-58-52(55)46-43-40-15-12-9-6-3)60-54(57)48-45-42-39-37-35-33-30-23-21-19-17-14-11-8-5-2/h7,10,16,18,22,24,26-27,29,31,51H,4-6,8-9,11-15,17,19-21,23,25,28,30,32-50H2,1-3H3/b10-7-,18-16-,24-22-,27-26-,31-29-. The lowest BCUT2D eigenvalue weighted by Crippen LogP contribution is -2.30. The van der Waals surface area contributed by atoms with Gasteiger partial charge in [0.15, 0.2) is 6.10 Å².